The first-order valence-corrected chi connectivity index (χ1v) is 6.57. The molecule has 0 saturated carbocycles. The van der Waals surface area contributed by atoms with Gasteiger partial charge in [0.2, 0.25) is 5.95 Å². The SMILES string of the molecule is CC(C)(N)CNc1ccnc(N)n1.O=C(O)C(F)(F)F.O=C(O)C(F)(F)F. The van der Waals surface area contributed by atoms with Crippen LogP contribution < -0.4 is 16.8 Å². The van der Waals surface area contributed by atoms with Gasteiger partial charge >= 0.3 is 24.3 Å². The fraction of sp³-hybridized carbons (Fsp3) is 0.500. The van der Waals surface area contributed by atoms with Gasteiger partial charge in [-0.15, -0.1) is 0 Å². The van der Waals surface area contributed by atoms with Gasteiger partial charge in [-0.1, -0.05) is 0 Å². The van der Waals surface area contributed by atoms with Crippen LogP contribution in [0.2, 0.25) is 0 Å². The van der Waals surface area contributed by atoms with Gasteiger partial charge in [0.05, 0.1) is 0 Å². The molecule has 15 heteroatoms. The van der Waals surface area contributed by atoms with E-state index in [0.29, 0.717) is 12.4 Å². The second kappa shape index (κ2) is 10.3. The number of hydrogen-bond donors (Lipinski definition) is 5. The van der Waals surface area contributed by atoms with Crippen molar-refractivity contribution >= 4 is 23.7 Å². The van der Waals surface area contributed by atoms with Crippen molar-refractivity contribution < 1.29 is 46.1 Å². The van der Waals surface area contributed by atoms with Crippen LogP contribution in [0.1, 0.15) is 13.8 Å². The van der Waals surface area contributed by atoms with Crippen LogP contribution in [-0.4, -0.2) is 56.6 Å². The summed E-state index contributed by atoms with van der Waals surface area (Å²) in [5.41, 5.74) is 10.9. The highest BCUT2D eigenvalue weighted by molar-refractivity contribution is 5.73. The predicted octanol–water partition coefficient (Wildman–Crippen LogP) is 1.47. The van der Waals surface area contributed by atoms with E-state index in [9.17, 15) is 26.3 Å². The maximum Gasteiger partial charge on any atom is 0.490 e. The van der Waals surface area contributed by atoms with E-state index in [1.807, 2.05) is 13.8 Å². The molecule has 0 radical (unpaired) electrons. The molecule has 0 aliphatic heterocycles. The second-order valence-electron chi connectivity index (χ2n) is 5.25. The zero-order valence-electron chi connectivity index (χ0n) is 13.9. The fourth-order valence-corrected chi connectivity index (χ4v) is 0.791. The third-order valence-corrected chi connectivity index (χ3v) is 1.88. The summed E-state index contributed by atoms with van der Waals surface area (Å²) in [5, 5.41) is 17.3. The quantitative estimate of drug-likeness (QED) is 0.465. The number of carbonyl (C=O) groups is 2. The first-order chi connectivity index (χ1) is 11.9. The molecule has 0 aliphatic carbocycles. The molecule has 0 atom stereocenters. The van der Waals surface area contributed by atoms with Crippen LogP contribution in [0, 0.1) is 0 Å². The summed E-state index contributed by atoms with van der Waals surface area (Å²) < 4.78 is 63.5. The van der Waals surface area contributed by atoms with Gasteiger partial charge in [-0.05, 0) is 19.9 Å². The molecule has 0 spiro atoms. The molecular weight excluding hydrogens is 392 g/mol. The van der Waals surface area contributed by atoms with Crippen LogP contribution in [-0.2, 0) is 9.59 Å². The van der Waals surface area contributed by atoms with Crippen molar-refractivity contribution in [3.63, 3.8) is 0 Å². The normalized spacial score (nSPS) is 11.3. The van der Waals surface area contributed by atoms with E-state index in [-0.39, 0.29) is 11.5 Å². The van der Waals surface area contributed by atoms with Crippen molar-refractivity contribution in [1.29, 1.82) is 0 Å². The highest BCUT2D eigenvalue weighted by atomic mass is 19.4. The third kappa shape index (κ3) is 16.4. The summed E-state index contributed by atoms with van der Waals surface area (Å²) in [5.74, 6) is -4.55. The topological polar surface area (TPSA) is 164 Å². The molecular formula is C12H17F6N5O4. The molecule has 0 aliphatic rings. The molecule has 27 heavy (non-hydrogen) atoms. The number of carboxylic acids is 2. The van der Waals surface area contributed by atoms with Gasteiger partial charge in [-0.2, -0.15) is 31.3 Å². The smallest absolute Gasteiger partial charge is 0.475 e. The number of nitrogens with two attached hydrogens (primary N) is 2. The molecule has 9 nitrogen and oxygen atoms in total. The Morgan fingerprint density at radius 1 is 1.07 bits per heavy atom. The van der Waals surface area contributed by atoms with Gasteiger partial charge in [-0.3, -0.25) is 0 Å². The van der Waals surface area contributed by atoms with Crippen molar-refractivity contribution in [3.05, 3.63) is 12.3 Å². The minimum Gasteiger partial charge on any atom is -0.475 e. The summed E-state index contributed by atoms with van der Waals surface area (Å²) in [7, 11) is 0. The van der Waals surface area contributed by atoms with Crippen LogP contribution in [0.4, 0.5) is 38.1 Å². The van der Waals surface area contributed by atoms with Crippen molar-refractivity contribution in [2.75, 3.05) is 17.6 Å². The summed E-state index contributed by atoms with van der Waals surface area (Å²) in [4.78, 5) is 25.5. The number of nitrogens with one attached hydrogen (secondary N) is 1. The lowest BCUT2D eigenvalue weighted by Gasteiger charge is -2.19. The van der Waals surface area contributed by atoms with Crippen LogP contribution in [0.3, 0.4) is 0 Å². The lowest BCUT2D eigenvalue weighted by molar-refractivity contribution is -0.193. The molecule has 0 unspecified atom stereocenters. The standard InChI is InChI=1S/C8H15N5.2C2HF3O2/c1-8(2,10)5-12-6-3-4-11-7(9)13-6;2*3-2(4,5)1(6)7/h3-4H,5,10H2,1-2H3,(H3,9,11,12,13);2*(H,6,7). The lowest BCUT2D eigenvalue weighted by atomic mass is 10.1. The number of halogens is 6. The lowest BCUT2D eigenvalue weighted by Crippen LogP contribution is -2.39. The van der Waals surface area contributed by atoms with Gasteiger partial charge in [0.15, 0.2) is 0 Å². The number of aromatic nitrogens is 2. The molecule has 0 amide bonds. The summed E-state index contributed by atoms with van der Waals surface area (Å²) in [6, 6.07) is 1.75. The van der Waals surface area contributed by atoms with Crippen molar-refractivity contribution in [2.24, 2.45) is 5.73 Å². The molecule has 0 bridgehead atoms. The van der Waals surface area contributed by atoms with E-state index < -0.39 is 24.3 Å². The Labute approximate surface area is 148 Å². The minimum atomic E-state index is -5.08. The number of rotatable bonds is 3. The van der Waals surface area contributed by atoms with E-state index in [2.05, 4.69) is 15.3 Å². The van der Waals surface area contributed by atoms with Crippen molar-refractivity contribution in [2.45, 2.75) is 31.7 Å². The summed E-state index contributed by atoms with van der Waals surface area (Å²) >= 11 is 0. The fourth-order valence-electron chi connectivity index (χ4n) is 0.791. The van der Waals surface area contributed by atoms with E-state index in [1.54, 1.807) is 12.3 Å². The first-order valence-electron chi connectivity index (χ1n) is 6.57. The highest BCUT2D eigenvalue weighted by Crippen LogP contribution is 2.13. The maximum absolute atomic E-state index is 10.6. The monoisotopic (exact) mass is 409 g/mol. The Hall–Kier alpha value is -2.84. The summed E-state index contributed by atoms with van der Waals surface area (Å²) in [6.07, 6.45) is -8.56. The average molecular weight is 409 g/mol. The van der Waals surface area contributed by atoms with Gasteiger partial charge in [0.25, 0.3) is 0 Å². The molecule has 1 aromatic rings. The number of carboxylic acid groups (broad SMARTS) is 2. The Balaban J connectivity index is 0. The molecule has 1 rings (SSSR count). The Morgan fingerprint density at radius 3 is 1.70 bits per heavy atom. The predicted molar refractivity (Wildman–Crippen MR) is 80.6 cm³/mol. The van der Waals surface area contributed by atoms with E-state index >= 15 is 0 Å². The number of alkyl halides is 6. The zero-order chi connectivity index (χ0) is 22.1. The van der Waals surface area contributed by atoms with E-state index in [4.69, 9.17) is 31.3 Å². The Bertz CT molecular complexity index is 592. The number of hydrogen-bond acceptors (Lipinski definition) is 7. The molecule has 0 fully saturated rings. The van der Waals surface area contributed by atoms with E-state index in [1.165, 1.54) is 0 Å². The zero-order valence-corrected chi connectivity index (χ0v) is 13.9. The first kappa shape index (κ1) is 26.4. The van der Waals surface area contributed by atoms with Gasteiger partial charge < -0.3 is 27.0 Å². The van der Waals surface area contributed by atoms with Crippen molar-refractivity contribution in [1.82, 2.24) is 9.97 Å². The molecule has 1 aromatic heterocycles. The van der Waals surface area contributed by atoms with Crippen LogP contribution >= 0.6 is 0 Å². The average Bonchev–Trinajstić information content (AvgIpc) is 2.44. The van der Waals surface area contributed by atoms with Crippen LogP contribution in [0.5, 0.6) is 0 Å². The molecule has 1 heterocycles. The van der Waals surface area contributed by atoms with E-state index in [0.717, 1.165) is 0 Å². The third-order valence-electron chi connectivity index (χ3n) is 1.88. The van der Waals surface area contributed by atoms with Crippen molar-refractivity contribution in [3.8, 4) is 0 Å². The number of aliphatic carboxylic acids is 2. The number of nitrogen functional groups attached to an aromatic ring is 1. The minimum absolute atomic E-state index is 0.264. The molecule has 156 valence electrons. The highest BCUT2D eigenvalue weighted by Gasteiger charge is 2.38. The molecule has 0 aromatic carbocycles. The number of nitrogens with zero attached hydrogens (tertiary/aromatic N) is 2. The second-order valence-corrected chi connectivity index (χ2v) is 5.25. The number of anilines is 2. The largest absolute Gasteiger partial charge is 0.490 e. The molecule has 7 N–H and O–H groups in total. The van der Waals surface area contributed by atoms with Gasteiger partial charge in [0.1, 0.15) is 5.82 Å². The maximum atomic E-state index is 10.6. The Kier molecular flexibility index (Phi) is 10.1. The summed E-state index contributed by atoms with van der Waals surface area (Å²) in [6.45, 7) is 4.51. The van der Waals surface area contributed by atoms with Gasteiger partial charge in [0, 0.05) is 18.3 Å². The molecule has 0 saturated heterocycles. The van der Waals surface area contributed by atoms with Crippen LogP contribution in [0.15, 0.2) is 12.3 Å². The van der Waals surface area contributed by atoms with Gasteiger partial charge in [-0.25, -0.2) is 14.6 Å². The Morgan fingerprint density at radius 2 is 1.44 bits per heavy atom. The van der Waals surface area contributed by atoms with Crippen LogP contribution in [0.25, 0.3) is 0 Å².